The molecule has 0 bridgehead atoms. The van der Waals surface area contributed by atoms with Gasteiger partial charge in [0.15, 0.2) is 0 Å². The van der Waals surface area contributed by atoms with Crippen LogP contribution in [0.4, 0.5) is 0 Å². The molecule has 112 valence electrons. The van der Waals surface area contributed by atoms with E-state index in [1.807, 2.05) is 6.92 Å². The van der Waals surface area contributed by atoms with Crippen LogP contribution in [0.5, 0.6) is 0 Å². The summed E-state index contributed by atoms with van der Waals surface area (Å²) >= 11 is 0. The summed E-state index contributed by atoms with van der Waals surface area (Å²) in [4.78, 5) is 21.4. The Morgan fingerprint density at radius 2 is 1.53 bits per heavy atom. The molecule has 0 aromatic rings. The van der Waals surface area contributed by atoms with Gasteiger partial charge in [0.25, 0.3) is 0 Å². The van der Waals surface area contributed by atoms with Crippen LogP contribution < -0.4 is 5.32 Å². The average molecular weight is 273 g/mol. The highest BCUT2D eigenvalue weighted by atomic mass is 16.4. The van der Waals surface area contributed by atoms with E-state index in [0.717, 1.165) is 44.9 Å². The van der Waals surface area contributed by atoms with Crippen LogP contribution in [0.2, 0.25) is 0 Å². The number of aliphatic hydroxyl groups is 1. The largest absolute Gasteiger partial charge is 0.480 e. The van der Waals surface area contributed by atoms with Gasteiger partial charge in [-0.25, -0.2) is 0 Å². The van der Waals surface area contributed by atoms with Gasteiger partial charge in [-0.3, -0.25) is 9.59 Å². The lowest BCUT2D eigenvalue weighted by atomic mass is 10.1. The summed E-state index contributed by atoms with van der Waals surface area (Å²) in [6.07, 6.45) is 8.62. The number of amides is 1. The second-order valence-electron chi connectivity index (χ2n) is 5.03. The van der Waals surface area contributed by atoms with Crippen molar-refractivity contribution >= 4 is 11.9 Å². The van der Waals surface area contributed by atoms with Gasteiger partial charge in [0.05, 0.1) is 6.10 Å². The van der Waals surface area contributed by atoms with Crippen LogP contribution in [0.25, 0.3) is 0 Å². The predicted molar refractivity (Wildman–Crippen MR) is 73.9 cm³/mol. The van der Waals surface area contributed by atoms with Crippen molar-refractivity contribution in [3.63, 3.8) is 0 Å². The number of hydrogen-bond acceptors (Lipinski definition) is 3. The summed E-state index contributed by atoms with van der Waals surface area (Å²) in [7, 11) is 0. The molecule has 1 unspecified atom stereocenters. The fraction of sp³-hybridized carbons (Fsp3) is 0.857. The van der Waals surface area contributed by atoms with Gasteiger partial charge in [-0.05, 0) is 19.8 Å². The molecule has 1 atom stereocenters. The molecule has 5 nitrogen and oxygen atoms in total. The molecule has 0 fully saturated rings. The van der Waals surface area contributed by atoms with E-state index < -0.39 is 5.97 Å². The summed E-state index contributed by atoms with van der Waals surface area (Å²) < 4.78 is 0. The minimum absolute atomic E-state index is 0.181. The number of rotatable bonds is 12. The van der Waals surface area contributed by atoms with E-state index in [0.29, 0.717) is 6.42 Å². The van der Waals surface area contributed by atoms with Gasteiger partial charge in [0.2, 0.25) is 5.91 Å². The van der Waals surface area contributed by atoms with Crippen LogP contribution in [0, 0.1) is 0 Å². The second kappa shape index (κ2) is 12.0. The van der Waals surface area contributed by atoms with E-state index in [-0.39, 0.29) is 18.6 Å². The molecule has 0 saturated carbocycles. The maximum absolute atomic E-state index is 11.2. The Kier molecular flexibility index (Phi) is 11.3. The first-order chi connectivity index (χ1) is 9.02. The topological polar surface area (TPSA) is 86.6 Å². The number of unbranched alkanes of at least 4 members (excludes halogenated alkanes) is 6. The zero-order chi connectivity index (χ0) is 14.5. The van der Waals surface area contributed by atoms with Gasteiger partial charge >= 0.3 is 5.97 Å². The smallest absolute Gasteiger partial charge is 0.322 e. The zero-order valence-corrected chi connectivity index (χ0v) is 11.9. The molecule has 0 aliphatic heterocycles. The fourth-order valence-corrected chi connectivity index (χ4v) is 1.87. The van der Waals surface area contributed by atoms with E-state index >= 15 is 0 Å². The Hall–Kier alpha value is -1.10. The van der Waals surface area contributed by atoms with Gasteiger partial charge in [0, 0.05) is 6.42 Å². The minimum atomic E-state index is -1.01. The summed E-state index contributed by atoms with van der Waals surface area (Å²) in [6, 6.07) is 0. The highest BCUT2D eigenvalue weighted by molar-refractivity contribution is 5.80. The number of carboxylic acids is 1. The zero-order valence-electron chi connectivity index (χ0n) is 11.9. The first-order valence-corrected chi connectivity index (χ1v) is 7.19. The highest BCUT2D eigenvalue weighted by Gasteiger charge is 2.03. The number of carbonyl (C=O) groups excluding carboxylic acids is 1. The van der Waals surface area contributed by atoms with Crippen molar-refractivity contribution in [2.45, 2.75) is 70.8 Å². The Balaban J connectivity index is 3.18. The molecule has 19 heavy (non-hydrogen) atoms. The lowest BCUT2D eigenvalue weighted by Gasteiger charge is -2.04. The minimum Gasteiger partial charge on any atom is -0.480 e. The van der Waals surface area contributed by atoms with Gasteiger partial charge in [-0.2, -0.15) is 0 Å². The first kappa shape index (κ1) is 17.9. The lowest BCUT2D eigenvalue weighted by Crippen LogP contribution is -2.28. The Morgan fingerprint density at radius 3 is 2.05 bits per heavy atom. The number of carboxylic acid groups (broad SMARTS) is 1. The van der Waals surface area contributed by atoms with Crippen molar-refractivity contribution in [1.29, 1.82) is 0 Å². The maximum Gasteiger partial charge on any atom is 0.322 e. The molecule has 3 N–H and O–H groups in total. The predicted octanol–water partition coefficient (Wildman–Crippen LogP) is 2.08. The van der Waals surface area contributed by atoms with Crippen LogP contribution in [0.1, 0.15) is 64.7 Å². The van der Waals surface area contributed by atoms with Crippen molar-refractivity contribution in [3.05, 3.63) is 0 Å². The summed E-state index contributed by atoms with van der Waals surface area (Å²) in [6.45, 7) is 1.53. The third-order valence-corrected chi connectivity index (χ3v) is 2.96. The van der Waals surface area contributed by atoms with Gasteiger partial charge in [0.1, 0.15) is 6.54 Å². The number of nitrogens with one attached hydrogen (secondary N) is 1. The summed E-state index contributed by atoms with van der Waals surface area (Å²) in [5, 5.41) is 19.8. The standard InChI is InChI=1S/C14H27NO4/c1-12(16)9-7-5-3-2-4-6-8-10-13(17)15-11-14(18)19/h12,16H,2-11H2,1H3,(H,15,17)(H,18,19). The monoisotopic (exact) mass is 273 g/mol. The summed E-state index contributed by atoms with van der Waals surface area (Å²) in [5.74, 6) is -1.19. The molecule has 0 aliphatic rings. The lowest BCUT2D eigenvalue weighted by molar-refractivity contribution is -0.137. The molecule has 0 aromatic carbocycles. The Labute approximate surface area is 115 Å². The molecule has 0 aliphatic carbocycles. The molecular formula is C14H27NO4. The summed E-state index contributed by atoms with van der Waals surface area (Å²) in [5.41, 5.74) is 0. The molecule has 0 spiro atoms. The average Bonchev–Trinajstić information content (AvgIpc) is 2.34. The number of aliphatic carboxylic acids is 1. The van der Waals surface area contributed by atoms with Crippen molar-refractivity contribution in [3.8, 4) is 0 Å². The molecule has 1 amide bonds. The fourth-order valence-electron chi connectivity index (χ4n) is 1.87. The van der Waals surface area contributed by atoms with E-state index in [4.69, 9.17) is 10.2 Å². The molecule has 0 radical (unpaired) electrons. The maximum atomic E-state index is 11.2. The van der Waals surface area contributed by atoms with Crippen LogP contribution in [0.3, 0.4) is 0 Å². The van der Waals surface area contributed by atoms with Gasteiger partial charge in [-0.15, -0.1) is 0 Å². The van der Waals surface area contributed by atoms with E-state index in [1.165, 1.54) is 6.42 Å². The SMILES string of the molecule is CC(O)CCCCCCCCCC(=O)NCC(=O)O. The molecule has 5 heteroatoms. The molecular weight excluding hydrogens is 246 g/mol. The number of carbonyl (C=O) groups is 2. The highest BCUT2D eigenvalue weighted by Crippen LogP contribution is 2.10. The number of hydrogen-bond donors (Lipinski definition) is 3. The van der Waals surface area contributed by atoms with E-state index in [9.17, 15) is 9.59 Å². The van der Waals surface area contributed by atoms with Crippen LogP contribution in [-0.2, 0) is 9.59 Å². The number of aliphatic hydroxyl groups excluding tert-OH is 1. The quantitative estimate of drug-likeness (QED) is 0.475. The Bertz CT molecular complexity index is 254. The first-order valence-electron chi connectivity index (χ1n) is 7.19. The van der Waals surface area contributed by atoms with Crippen molar-refractivity contribution < 1.29 is 19.8 Å². The van der Waals surface area contributed by atoms with Crippen molar-refractivity contribution in [2.75, 3.05) is 6.54 Å². The molecule has 0 heterocycles. The normalized spacial score (nSPS) is 12.1. The third kappa shape index (κ3) is 14.8. The van der Waals surface area contributed by atoms with Gasteiger partial charge in [-0.1, -0.05) is 38.5 Å². The second-order valence-corrected chi connectivity index (χ2v) is 5.03. The molecule has 0 aromatic heterocycles. The Morgan fingerprint density at radius 1 is 1.00 bits per heavy atom. The molecule has 0 rings (SSSR count). The van der Waals surface area contributed by atoms with Crippen LogP contribution >= 0.6 is 0 Å². The third-order valence-electron chi connectivity index (χ3n) is 2.96. The van der Waals surface area contributed by atoms with Gasteiger partial charge < -0.3 is 15.5 Å². The molecule has 0 saturated heterocycles. The van der Waals surface area contributed by atoms with Crippen molar-refractivity contribution in [1.82, 2.24) is 5.32 Å². The van der Waals surface area contributed by atoms with E-state index in [2.05, 4.69) is 5.32 Å². The van der Waals surface area contributed by atoms with Crippen molar-refractivity contribution in [2.24, 2.45) is 0 Å². The van der Waals surface area contributed by atoms with E-state index in [1.54, 1.807) is 0 Å². The van der Waals surface area contributed by atoms with Crippen LogP contribution in [0.15, 0.2) is 0 Å². The van der Waals surface area contributed by atoms with Crippen LogP contribution in [-0.4, -0.2) is 34.7 Å².